The Morgan fingerprint density at radius 3 is 2.11 bits per heavy atom. The molecule has 0 bridgehead atoms. The predicted molar refractivity (Wildman–Crippen MR) is 38.2 cm³/mol. The standard InChI is InChI=1S/C6H10N2O/c1-5(9)4-6(7-2)8-3/h6H,2-4H2,1H3. The van der Waals surface area contributed by atoms with Gasteiger partial charge in [0, 0.05) is 6.42 Å². The van der Waals surface area contributed by atoms with Gasteiger partial charge in [0.25, 0.3) is 0 Å². The quantitative estimate of drug-likeness (QED) is 0.511. The van der Waals surface area contributed by atoms with Gasteiger partial charge in [0.15, 0.2) is 0 Å². The Morgan fingerprint density at radius 1 is 1.56 bits per heavy atom. The van der Waals surface area contributed by atoms with Crippen LogP contribution in [0.1, 0.15) is 13.3 Å². The van der Waals surface area contributed by atoms with Crippen LogP contribution in [0, 0.1) is 0 Å². The zero-order valence-electron chi connectivity index (χ0n) is 5.50. The summed E-state index contributed by atoms with van der Waals surface area (Å²) in [7, 11) is 0. The monoisotopic (exact) mass is 126 g/mol. The van der Waals surface area contributed by atoms with Gasteiger partial charge in [-0.3, -0.25) is 14.8 Å². The molecule has 0 aromatic rings. The molecule has 9 heavy (non-hydrogen) atoms. The lowest BCUT2D eigenvalue weighted by molar-refractivity contribution is -0.117. The maximum Gasteiger partial charge on any atom is 0.144 e. The van der Waals surface area contributed by atoms with Crippen molar-refractivity contribution in [1.82, 2.24) is 0 Å². The van der Waals surface area contributed by atoms with Crippen molar-refractivity contribution in [1.29, 1.82) is 0 Å². The molecular weight excluding hydrogens is 116 g/mol. The fourth-order valence-corrected chi connectivity index (χ4v) is 0.444. The first-order valence-electron chi connectivity index (χ1n) is 2.61. The number of ketones is 1. The lowest BCUT2D eigenvalue weighted by Crippen LogP contribution is -2.04. The summed E-state index contributed by atoms with van der Waals surface area (Å²) >= 11 is 0. The summed E-state index contributed by atoms with van der Waals surface area (Å²) in [5.74, 6) is 0.0554. The molecule has 0 aliphatic rings. The Bertz CT molecular complexity index is 123. The Hall–Kier alpha value is -0.990. The van der Waals surface area contributed by atoms with Gasteiger partial charge in [-0.25, -0.2) is 0 Å². The highest BCUT2D eigenvalue weighted by molar-refractivity contribution is 5.76. The number of aliphatic imine (C=N–C) groups is 2. The fourth-order valence-electron chi connectivity index (χ4n) is 0.444. The van der Waals surface area contributed by atoms with E-state index in [1.807, 2.05) is 0 Å². The molecule has 0 fully saturated rings. The highest BCUT2D eigenvalue weighted by Gasteiger charge is 2.02. The van der Waals surface area contributed by atoms with Gasteiger partial charge in [-0.1, -0.05) is 0 Å². The van der Waals surface area contributed by atoms with Crippen molar-refractivity contribution in [2.75, 3.05) is 0 Å². The minimum Gasteiger partial charge on any atom is -0.300 e. The molecule has 0 aliphatic carbocycles. The van der Waals surface area contributed by atoms with E-state index >= 15 is 0 Å². The molecule has 0 rings (SSSR count). The van der Waals surface area contributed by atoms with Crippen molar-refractivity contribution >= 4 is 19.2 Å². The third-order valence-corrected chi connectivity index (χ3v) is 0.892. The number of hydrogen-bond acceptors (Lipinski definition) is 3. The van der Waals surface area contributed by atoms with Gasteiger partial charge in [-0.15, -0.1) is 0 Å². The number of rotatable bonds is 4. The van der Waals surface area contributed by atoms with Crippen molar-refractivity contribution in [3.63, 3.8) is 0 Å². The number of Topliss-reactive ketones (excluding diaryl/α,β-unsaturated/α-hetero) is 1. The van der Waals surface area contributed by atoms with Crippen LogP contribution in [0.25, 0.3) is 0 Å². The van der Waals surface area contributed by atoms with Crippen molar-refractivity contribution in [2.45, 2.75) is 19.5 Å². The molecule has 0 aliphatic heterocycles. The fraction of sp³-hybridized carbons (Fsp3) is 0.500. The Labute approximate surface area is 54.5 Å². The Balaban J connectivity index is 3.68. The van der Waals surface area contributed by atoms with E-state index in [0.717, 1.165) is 0 Å². The first-order valence-corrected chi connectivity index (χ1v) is 2.61. The van der Waals surface area contributed by atoms with E-state index in [0.29, 0.717) is 6.42 Å². The minimum atomic E-state index is -0.345. The van der Waals surface area contributed by atoms with Crippen LogP contribution >= 0.6 is 0 Å². The molecule has 0 saturated heterocycles. The molecule has 0 heterocycles. The van der Waals surface area contributed by atoms with Crippen molar-refractivity contribution in [2.24, 2.45) is 9.98 Å². The predicted octanol–water partition coefficient (Wildman–Crippen LogP) is 0.693. The molecule has 0 radical (unpaired) electrons. The summed E-state index contributed by atoms with van der Waals surface area (Å²) in [6.07, 6.45) is -0.0324. The summed E-state index contributed by atoms with van der Waals surface area (Å²) in [5, 5.41) is 0. The van der Waals surface area contributed by atoms with E-state index < -0.39 is 0 Å². The summed E-state index contributed by atoms with van der Waals surface area (Å²) in [6.45, 7) is 7.99. The van der Waals surface area contributed by atoms with Crippen molar-refractivity contribution < 1.29 is 4.79 Å². The van der Waals surface area contributed by atoms with Crippen LogP contribution in [0.5, 0.6) is 0 Å². The molecule has 0 atom stereocenters. The largest absolute Gasteiger partial charge is 0.300 e. The van der Waals surface area contributed by atoms with Crippen molar-refractivity contribution in [3.05, 3.63) is 0 Å². The highest BCUT2D eigenvalue weighted by atomic mass is 16.1. The van der Waals surface area contributed by atoms with Crippen LogP contribution in [0.4, 0.5) is 0 Å². The van der Waals surface area contributed by atoms with Gasteiger partial charge in [-0.2, -0.15) is 0 Å². The summed E-state index contributed by atoms with van der Waals surface area (Å²) in [6, 6.07) is 0. The van der Waals surface area contributed by atoms with Crippen LogP contribution in [0.3, 0.4) is 0 Å². The average molecular weight is 126 g/mol. The molecule has 0 spiro atoms. The normalized spacial score (nSPS) is 9.11. The lowest BCUT2D eigenvalue weighted by atomic mass is 10.3. The van der Waals surface area contributed by atoms with Crippen LogP contribution in [0.2, 0.25) is 0 Å². The maximum atomic E-state index is 10.4. The maximum absolute atomic E-state index is 10.4. The first kappa shape index (κ1) is 8.01. The minimum absolute atomic E-state index is 0.0554. The van der Waals surface area contributed by atoms with E-state index in [2.05, 4.69) is 23.4 Å². The first-order chi connectivity index (χ1) is 4.20. The van der Waals surface area contributed by atoms with Gasteiger partial charge in [0.1, 0.15) is 11.9 Å². The molecule has 0 saturated carbocycles. The molecule has 0 unspecified atom stereocenters. The van der Waals surface area contributed by atoms with E-state index in [1.165, 1.54) is 6.92 Å². The van der Waals surface area contributed by atoms with Gasteiger partial charge >= 0.3 is 0 Å². The molecule has 3 nitrogen and oxygen atoms in total. The van der Waals surface area contributed by atoms with E-state index in [1.54, 1.807) is 0 Å². The second kappa shape index (κ2) is 3.95. The van der Waals surface area contributed by atoms with Crippen LogP contribution in [0.15, 0.2) is 9.98 Å². The molecular formula is C6H10N2O. The van der Waals surface area contributed by atoms with Crippen molar-refractivity contribution in [3.8, 4) is 0 Å². The topological polar surface area (TPSA) is 41.8 Å². The van der Waals surface area contributed by atoms with Gasteiger partial charge < -0.3 is 0 Å². The summed E-state index contributed by atoms with van der Waals surface area (Å²) < 4.78 is 0. The van der Waals surface area contributed by atoms with Gasteiger partial charge in [0.2, 0.25) is 0 Å². The zero-order valence-corrected chi connectivity index (χ0v) is 5.50. The Kier molecular flexibility index (Phi) is 3.51. The van der Waals surface area contributed by atoms with E-state index in [-0.39, 0.29) is 11.9 Å². The lowest BCUT2D eigenvalue weighted by Gasteiger charge is -1.99. The van der Waals surface area contributed by atoms with Crippen LogP contribution < -0.4 is 0 Å². The third kappa shape index (κ3) is 3.58. The number of nitrogens with zero attached hydrogens (tertiary/aromatic N) is 2. The van der Waals surface area contributed by atoms with Crippen LogP contribution in [-0.2, 0) is 4.79 Å². The summed E-state index contributed by atoms with van der Waals surface area (Å²) in [5.41, 5.74) is 0. The average Bonchev–Trinajstić information content (AvgIpc) is 1.82. The molecule has 50 valence electrons. The molecule has 3 heteroatoms. The number of carbonyl (C=O) groups excluding carboxylic acids is 1. The Morgan fingerprint density at radius 2 is 2.00 bits per heavy atom. The molecule has 0 aromatic heterocycles. The van der Waals surface area contributed by atoms with Gasteiger partial charge in [-0.05, 0) is 20.4 Å². The second-order valence-corrected chi connectivity index (χ2v) is 1.75. The number of hydrogen-bond donors (Lipinski definition) is 0. The molecule has 0 amide bonds. The van der Waals surface area contributed by atoms with E-state index in [4.69, 9.17) is 0 Å². The summed E-state index contributed by atoms with van der Waals surface area (Å²) in [4.78, 5) is 17.5. The van der Waals surface area contributed by atoms with E-state index in [9.17, 15) is 4.79 Å². The number of carbonyl (C=O) groups is 1. The second-order valence-electron chi connectivity index (χ2n) is 1.75. The SMILES string of the molecule is C=NC(CC(C)=O)N=C. The highest BCUT2D eigenvalue weighted by Crippen LogP contribution is 1.97. The molecule has 0 aromatic carbocycles. The molecule has 0 N–H and O–H groups in total. The smallest absolute Gasteiger partial charge is 0.144 e. The third-order valence-electron chi connectivity index (χ3n) is 0.892. The van der Waals surface area contributed by atoms with Crippen LogP contribution in [-0.4, -0.2) is 25.4 Å². The van der Waals surface area contributed by atoms with Gasteiger partial charge in [0.05, 0.1) is 0 Å². The zero-order chi connectivity index (χ0) is 7.28.